The standard InChI is InChI=1S/C32H56O12S/c1-15(2)22(43-30-29(38)27(36)21(34)14-42-30)7-6-16(3)19-13-23(44-45(39,40)41)25-24-18(9-11-32(19,25)5)31(4)10-8-17(33)12-20(31)26(35)28(24)37/h15-30,33-38H,6-14H2,1-5H3,(H,39,40,41)/t16-,17+,18?,19-,20?,21-,22+,23+,24?,25?,26-,27+,28+,29-,30+,31-,32-/m1/s1. The second-order valence-corrected chi connectivity index (χ2v) is 17.0. The predicted octanol–water partition coefficient (Wildman–Crippen LogP) is 1.64. The lowest BCUT2D eigenvalue weighted by Gasteiger charge is -2.64. The molecule has 1 aliphatic heterocycles. The van der Waals surface area contributed by atoms with E-state index in [1.807, 2.05) is 13.8 Å². The van der Waals surface area contributed by atoms with Crippen LogP contribution in [0.2, 0.25) is 0 Å². The zero-order chi connectivity index (χ0) is 33.2. The molecule has 1 heterocycles. The van der Waals surface area contributed by atoms with Crippen molar-refractivity contribution in [3.05, 3.63) is 0 Å². The highest BCUT2D eigenvalue weighted by molar-refractivity contribution is 7.80. The average molecular weight is 665 g/mol. The normalized spacial score (nSPS) is 50.0. The van der Waals surface area contributed by atoms with E-state index in [0.717, 1.165) is 12.8 Å². The topological polar surface area (TPSA) is 203 Å². The van der Waals surface area contributed by atoms with E-state index < -0.39 is 76.7 Å². The third-order valence-corrected chi connectivity index (χ3v) is 13.6. The third-order valence-electron chi connectivity index (χ3n) is 13.1. The maximum Gasteiger partial charge on any atom is 0.397 e. The van der Waals surface area contributed by atoms with Crippen LogP contribution in [0.15, 0.2) is 0 Å². The molecule has 0 radical (unpaired) electrons. The van der Waals surface area contributed by atoms with Crippen molar-refractivity contribution in [2.45, 2.75) is 141 Å². The van der Waals surface area contributed by atoms with Crippen LogP contribution in [0.1, 0.15) is 86.0 Å². The summed E-state index contributed by atoms with van der Waals surface area (Å²) in [5, 5.41) is 63.9. The maximum atomic E-state index is 12.1. The number of rotatable bonds is 9. The Bertz CT molecular complexity index is 1140. The van der Waals surface area contributed by atoms with Crippen LogP contribution in [0.5, 0.6) is 0 Å². The Morgan fingerprint density at radius 3 is 2.16 bits per heavy atom. The van der Waals surface area contributed by atoms with Crippen LogP contribution in [-0.4, -0.2) is 105 Å². The zero-order valence-electron chi connectivity index (χ0n) is 27.2. The molecule has 4 saturated carbocycles. The highest BCUT2D eigenvalue weighted by atomic mass is 32.3. The molecule has 12 nitrogen and oxygen atoms in total. The minimum atomic E-state index is -4.79. The third kappa shape index (κ3) is 6.62. The van der Waals surface area contributed by atoms with Gasteiger partial charge in [0.05, 0.1) is 37.1 Å². The molecule has 7 N–H and O–H groups in total. The molecule has 0 spiro atoms. The molecular formula is C32H56O12S. The summed E-state index contributed by atoms with van der Waals surface area (Å²) >= 11 is 0. The van der Waals surface area contributed by atoms with Gasteiger partial charge in [0.1, 0.15) is 18.3 Å². The number of fused-ring (bicyclic) bond motifs is 5. The maximum absolute atomic E-state index is 12.1. The molecule has 5 fully saturated rings. The molecule has 4 unspecified atom stereocenters. The van der Waals surface area contributed by atoms with E-state index in [1.165, 1.54) is 0 Å². The largest absolute Gasteiger partial charge is 0.397 e. The zero-order valence-corrected chi connectivity index (χ0v) is 28.0. The Kier molecular flexibility index (Phi) is 10.4. The smallest absolute Gasteiger partial charge is 0.393 e. The summed E-state index contributed by atoms with van der Waals surface area (Å²) in [4.78, 5) is 0. The monoisotopic (exact) mass is 664 g/mol. The van der Waals surface area contributed by atoms with Crippen LogP contribution in [0.4, 0.5) is 0 Å². The Hall–Kier alpha value is -0.450. The van der Waals surface area contributed by atoms with E-state index >= 15 is 0 Å². The van der Waals surface area contributed by atoms with Crippen molar-refractivity contribution in [2.24, 2.45) is 52.3 Å². The number of ether oxygens (including phenoxy) is 2. The SMILES string of the molecule is CC(C)[C@H](CC[C@@H](C)[C@H]1C[C@H](OS(=O)(=O)O)C2C3C(CC[C@@]21C)[C@@]1(C)CC[C@H](O)CC1[C@@H](O)[C@H]3O)O[C@@H]1OC[C@@H](O)[C@H](O)[C@H]1O. The molecule has 13 heteroatoms. The van der Waals surface area contributed by atoms with Crippen molar-refractivity contribution in [2.75, 3.05) is 6.61 Å². The molecular weight excluding hydrogens is 608 g/mol. The van der Waals surface area contributed by atoms with Crippen LogP contribution < -0.4 is 0 Å². The van der Waals surface area contributed by atoms with Gasteiger partial charge in [0, 0.05) is 0 Å². The fourth-order valence-electron chi connectivity index (χ4n) is 10.7. The minimum Gasteiger partial charge on any atom is -0.393 e. The van der Waals surface area contributed by atoms with Gasteiger partial charge >= 0.3 is 10.4 Å². The lowest BCUT2D eigenvalue weighted by atomic mass is 9.43. The van der Waals surface area contributed by atoms with Gasteiger partial charge in [-0.2, -0.15) is 8.42 Å². The highest BCUT2D eigenvalue weighted by Crippen LogP contribution is 2.69. The Morgan fingerprint density at radius 2 is 1.51 bits per heavy atom. The first-order valence-electron chi connectivity index (χ1n) is 16.9. The summed E-state index contributed by atoms with van der Waals surface area (Å²) < 4.78 is 51.1. The van der Waals surface area contributed by atoms with Crippen molar-refractivity contribution in [1.82, 2.24) is 0 Å². The van der Waals surface area contributed by atoms with Crippen LogP contribution in [0.3, 0.4) is 0 Å². The van der Waals surface area contributed by atoms with Gasteiger partial charge in [-0.15, -0.1) is 0 Å². The number of aliphatic hydroxyl groups excluding tert-OH is 6. The first-order valence-corrected chi connectivity index (χ1v) is 18.3. The number of hydrogen-bond acceptors (Lipinski definition) is 11. The summed E-state index contributed by atoms with van der Waals surface area (Å²) in [5.74, 6) is -1.01. The van der Waals surface area contributed by atoms with Crippen molar-refractivity contribution in [3.63, 3.8) is 0 Å². The fourth-order valence-corrected chi connectivity index (χ4v) is 11.2. The molecule has 0 aromatic carbocycles. The van der Waals surface area contributed by atoms with Crippen LogP contribution in [0.25, 0.3) is 0 Å². The van der Waals surface area contributed by atoms with Crippen molar-refractivity contribution in [3.8, 4) is 0 Å². The van der Waals surface area contributed by atoms with Crippen molar-refractivity contribution < 1.29 is 57.3 Å². The van der Waals surface area contributed by atoms with Gasteiger partial charge in [-0.25, -0.2) is 4.18 Å². The van der Waals surface area contributed by atoms with Crippen LogP contribution in [-0.2, 0) is 24.1 Å². The first kappa shape index (κ1) is 35.8. The molecule has 262 valence electrons. The molecule has 1 saturated heterocycles. The molecule has 4 aliphatic carbocycles. The van der Waals surface area contributed by atoms with Gasteiger partial charge in [0.2, 0.25) is 0 Å². The predicted molar refractivity (Wildman–Crippen MR) is 162 cm³/mol. The van der Waals surface area contributed by atoms with Gasteiger partial charge < -0.3 is 40.1 Å². The van der Waals surface area contributed by atoms with Gasteiger partial charge in [-0.3, -0.25) is 4.55 Å². The fraction of sp³-hybridized carbons (Fsp3) is 1.00. The lowest BCUT2D eigenvalue weighted by molar-refractivity contribution is -0.286. The highest BCUT2D eigenvalue weighted by Gasteiger charge is 2.68. The van der Waals surface area contributed by atoms with Gasteiger partial charge in [0.25, 0.3) is 0 Å². The van der Waals surface area contributed by atoms with Crippen molar-refractivity contribution >= 4 is 10.4 Å². The summed E-state index contributed by atoms with van der Waals surface area (Å²) in [5.41, 5.74) is -0.765. The van der Waals surface area contributed by atoms with E-state index in [0.29, 0.717) is 38.5 Å². The summed E-state index contributed by atoms with van der Waals surface area (Å²) in [6.07, 6.45) is -3.91. The number of aliphatic hydroxyl groups is 6. The van der Waals surface area contributed by atoms with Crippen LogP contribution in [0, 0.1) is 52.3 Å². The number of hydrogen-bond donors (Lipinski definition) is 7. The van der Waals surface area contributed by atoms with Crippen molar-refractivity contribution in [1.29, 1.82) is 0 Å². The first-order chi connectivity index (χ1) is 20.9. The summed E-state index contributed by atoms with van der Waals surface area (Å²) in [7, 11) is -4.79. The molecule has 0 aromatic heterocycles. The van der Waals surface area contributed by atoms with E-state index in [-0.39, 0.29) is 47.7 Å². The van der Waals surface area contributed by atoms with E-state index in [4.69, 9.17) is 13.7 Å². The molecule has 0 aromatic rings. The van der Waals surface area contributed by atoms with E-state index in [2.05, 4.69) is 20.8 Å². The molecule has 0 amide bonds. The van der Waals surface area contributed by atoms with Gasteiger partial charge in [0.15, 0.2) is 6.29 Å². The Morgan fingerprint density at radius 1 is 0.844 bits per heavy atom. The van der Waals surface area contributed by atoms with Crippen LogP contribution >= 0.6 is 0 Å². The molecule has 5 aliphatic rings. The Balaban J connectivity index is 1.37. The van der Waals surface area contributed by atoms with E-state index in [1.54, 1.807) is 0 Å². The summed E-state index contributed by atoms with van der Waals surface area (Å²) in [6, 6.07) is 0. The molecule has 17 atom stereocenters. The Labute approximate surface area is 267 Å². The molecule has 0 bridgehead atoms. The quantitative estimate of drug-likeness (QED) is 0.176. The molecule has 5 rings (SSSR count). The second-order valence-electron chi connectivity index (χ2n) is 15.9. The minimum absolute atomic E-state index is 0.00235. The van der Waals surface area contributed by atoms with Gasteiger partial charge in [-0.05, 0) is 104 Å². The van der Waals surface area contributed by atoms with Gasteiger partial charge in [-0.1, -0.05) is 34.6 Å². The van der Waals surface area contributed by atoms with E-state index in [9.17, 15) is 43.6 Å². The lowest BCUT2D eigenvalue weighted by Crippen LogP contribution is -2.65. The molecule has 45 heavy (non-hydrogen) atoms. The summed E-state index contributed by atoms with van der Waals surface area (Å²) in [6.45, 7) is 10.2. The second kappa shape index (κ2) is 13.1. The average Bonchev–Trinajstić information content (AvgIpc) is 3.24.